The molecule has 6 aromatic rings. The van der Waals surface area contributed by atoms with E-state index in [0.29, 0.717) is 39.1 Å². The molecule has 0 aliphatic carbocycles. The smallest absolute Gasteiger partial charge is 0.274 e. The van der Waals surface area contributed by atoms with E-state index in [1.165, 1.54) is 6.20 Å². The third-order valence-corrected chi connectivity index (χ3v) is 7.64. The zero-order chi connectivity index (χ0) is 33.1. The second kappa shape index (κ2) is 13.5. The molecule has 0 spiro atoms. The monoisotopic (exact) mass is 735 g/mol. The molecular weight excluding hydrogens is 705 g/mol. The van der Waals surface area contributed by atoms with Gasteiger partial charge >= 0.3 is 0 Å². The number of pyridine rings is 1. The van der Waals surface area contributed by atoms with E-state index in [0.717, 1.165) is 11.3 Å². The number of benzene rings is 3. The van der Waals surface area contributed by atoms with Crippen LogP contribution in [-0.4, -0.2) is 34.3 Å². The van der Waals surface area contributed by atoms with Crippen LogP contribution in [0.4, 0.5) is 5.82 Å². The Hall–Kier alpha value is -5.48. The zero-order valence-electron chi connectivity index (χ0n) is 25.8. The van der Waals surface area contributed by atoms with Gasteiger partial charge in [0.15, 0.2) is 11.5 Å². The average Bonchev–Trinajstić information content (AvgIpc) is 3.49. The Morgan fingerprint density at radius 2 is 1.77 bits per heavy atom. The summed E-state index contributed by atoms with van der Waals surface area (Å²) >= 11 is 2.18. The van der Waals surface area contributed by atoms with Gasteiger partial charge in [-0.3, -0.25) is 18.8 Å². The summed E-state index contributed by atoms with van der Waals surface area (Å²) in [7, 11) is 1.82. The Morgan fingerprint density at radius 1 is 1.00 bits per heavy atom. The molecule has 1 amide bonds. The van der Waals surface area contributed by atoms with Crippen molar-refractivity contribution in [3.05, 3.63) is 130 Å². The van der Waals surface area contributed by atoms with Crippen molar-refractivity contribution in [3.63, 3.8) is 0 Å². The summed E-state index contributed by atoms with van der Waals surface area (Å²) in [5.74, 6) is 6.38. The first-order valence-electron chi connectivity index (χ1n) is 14.8. The SMILES string of the molecule is CC(I)Oc1ccc(-c2cnc(N)c(C(=O)NC(C)c3cc4cccc(C#Cc5ccn(C)n5)c4c(=O)n3-c3ccccc3)n2)cc1. The Morgan fingerprint density at radius 3 is 2.47 bits per heavy atom. The first-order valence-corrected chi connectivity index (χ1v) is 16.0. The maximum Gasteiger partial charge on any atom is 0.274 e. The maximum absolute atomic E-state index is 14.3. The van der Waals surface area contributed by atoms with Gasteiger partial charge in [-0.25, -0.2) is 9.97 Å². The van der Waals surface area contributed by atoms with Crippen molar-refractivity contribution in [2.24, 2.45) is 7.05 Å². The molecule has 0 aliphatic heterocycles. The van der Waals surface area contributed by atoms with Crippen LogP contribution in [0.15, 0.2) is 102 Å². The molecule has 10 nitrogen and oxygen atoms in total. The van der Waals surface area contributed by atoms with Crippen LogP contribution >= 0.6 is 22.6 Å². The highest BCUT2D eigenvalue weighted by Crippen LogP contribution is 2.26. The van der Waals surface area contributed by atoms with Crippen LogP contribution in [0.25, 0.3) is 27.7 Å². The largest absolute Gasteiger partial charge is 0.480 e. The number of para-hydroxylation sites is 1. The average molecular weight is 736 g/mol. The van der Waals surface area contributed by atoms with Crippen molar-refractivity contribution in [3.8, 4) is 34.5 Å². The number of carbonyl (C=O) groups excluding carboxylic acids is 1. The van der Waals surface area contributed by atoms with Crippen molar-refractivity contribution in [2.75, 3.05) is 5.73 Å². The fourth-order valence-corrected chi connectivity index (χ4v) is 5.49. The van der Waals surface area contributed by atoms with Gasteiger partial charge < -0.3 is 15.8 Å². The second-order valence-corrected chi connectivity index (χ2v) is 12.6. The van der Waals surface area contributed by atoms with Gasteiger partial charge in [0.05, 0.1) is 23.3 Å². The predicted molar refractivity (Wildman–Crippen MR) is 191 cm³/mol. The van der Waals surface area contributed by atoms with Crippen LogP contribution in [0.5, 0.6) is 5.75 Å². The number of fused-ring (bicyclic) bond motifs is 1. The molecular formula is C36H30IN7O3. The second-order valence-electron chi connectivity index (χ2n) is 10.8. The number of ether oxygens (including phenoxy) is 1. The van der Waals surface area contributed by atoms with Crippen molar-refractivity contribution in [1.29, 1.82) is 0 Å². The summed E-state index contributed by atoms with van der Waals surface area (Å²) in [6.07, 6.45) is 3.34. The summed E-state index contributed by atoms with van der Waals surface area (Å²) in [6.45, 7) is 3.75. The van der Waals surface area contributed by atoms with Gasteiger partial charge in [0.25, 0.3) is 11.5 Å². The van der Waals surface area contributed by atoms with Crippen molar-refractivity contribution < 1.29 is 9.53 Å². The molecule has 0 saturated carbocycles. The normalized spacial score (nSPS) is 12.2. The van der Waals surface area contributed by atoms with E-state index >= 15 is 0 Å². The Labute approximate surface area is 284 Å². The Balaban J connectivity index is 1.37. The molecule has 11 heteroatoms. The number of nitrogens with two attached hydrogens (primary N) is 1. The minimum Gasteiger partial charge on any atom is -0.480 e. The van der Waals surface area contributed by atoms with Gasteiger partial charge in [-0.2, -0.15) is 5.10 Å². The van der Waals surface area contributed by atoms with Crippen LogP contribution < -0.4 is 21.3 Å². The van der Waals surface area contributed by atoms with Crippen LogP contribution in [-0.2, 0) is 7.05 Å². The molecule has 0 fully saturated rings. The topological polar surface area (TPSA) is 130 Å². The van der Waals surface area contributed by atoms with Crippen LogP contribution in [0.3, 0.4) is 0 Å². The number of anilines is 1. The Bertz CT molecular complexity index is 2220. The van der Waals surface area contributed by atoms with Crippen molar-refractivity contribution >= 4 is 45.1 Å². The van der Waals surface area contributed by atoms with Crippen LogP contribution in [0.1, 0.15) is 47.3 Å². The lowest BCUT2D eigenvalue weighted by atomic mass is 10.0. The van der Waals surface area contributed by atoms with Crippen molar-refractivity contribution in [2.45, 2.75) is 24.0 Å². The molecule has 0 aliphatic rings. The molecule has 234 valence electrons. The number of aryl methyl sites for hydroxylation is 1. The number of rotatable bonds is 7. The first-order chi connectivity index (χ1) is 22.7. The highest BCUT2D eigenvalue weighted by molar-refractivity contribution is 14.1. The molecule has 3 aromatic heterocycles. The summed E-state index contributed by atoms with van der Waals surface area (Å²) in [4.78, 5) is 36.7. The molecule has 47 heavy (non-hydrogen) atoms. The van der Waals surface area contributed by atoms with Gasteiger partial charge in [0.1, 0.15) is 15.6 Å². The molecule has 2 atom stereocenters. The predicted octanol–water partition coefficient (Wildman–Crippen LogP) is 5.81. The number of nitrogen functional groups attached to an aromatic ring is 1. The van der Waals surface area contributed by atoms with Crippen molar-refractivity contribution in [1.82, 2.24) is 29.6 Å². The first kappa shape index (κ1) is 31.5. The summed E-state index contributed by atoms with van der Waals surface area (Å²) < 4.78 is 9.01. The lowest BCUT2D eigenvalue weighted by Crippen LogP contribution is -2.33. The molecule has 2 unspecified atom stereocenters. The highest BCUT2D eigenvalue weighted by Gasteiger charge is 2.22. The van der Waals surface area contributed by atoms with Gasteiger partial charge in [0.2, 0.25) is 0 Å². The minimum atomic E-state index is -0.625. The standard InChI is InChI=1S/C36H30IN7O3/c1-22(40-35(45)33-34(38)39-21-30(41-33)24-13-16-29(17-14-24)47-23(2)37)31-20-26-9-7-8-25(12-15-27-18-19-43(3)42-27)32(26)36(46)44(31)28-10-5-4-6-11-28/h4-11,13-14,16-23H,1-3H3,(H2,38,39)(H,40,45). The van der Waals surface area contributed by atoms with E-state index in [1.807, 2.05) is 112 Å². The number of carbonyl (C=O) groups is 1. The number of hydrogen-bond acceptors (Lipinski definition) is 7. The molecule has 0 saturated heterocycles. The molecule has 6 rings (SSSR count). The lowest BCUT2D eigenvalue weighted by molar-refractivity contribution is 0.0934. The quantitative estimate of drug-likeness (QED) is 0.120. The van der Waals surface area contributed by atoms with Gasteiger partial charge in [0, 0.05) is 35.8 Å². The molecule has 3 heterocycles. The van der Waals surface area contributed by atoms with Gasteiger partial charge in [-0.15, -0.1) is 0 Å². The molecule has 0 bridgehead atoms. The van der Waals surface area contributed by atoms with E-state index in [1.54, 1.807) is 9.25 Å². The fraction of sp³-hybridized carbons (Fsp3) is 0.139. The van der Waals surface area contributed by atoms with E-state index in [4.69, 9.17) is 10.5 Å². The van der Waals surface area contributed by atoms with Gasteiger partial charge in [-0.05, 0) is 102 Å². The van der Waals surface area contributed by atoms with E-state index in [2.05, 4.69) is 54.8 Å². The fourth-order valence-electron chi connectivity index (χ4n) is 5.20. The lowest BCUT2D eigenvalue weighted by Gasteiger charge is -2.21. The minimum absolute atomic E-state index is 0.00720. The third-order valence-electron chi connectivity index (χ3n) is 7.38. The number of halogens is 1. The Kier molecular flexibility index (Phi) is 9.03. The van der Waals surface area contributed by atoms with E-state index in [-0.39, 0.29) is 21.2 Å². The number of aromatic nitrogens is 5. The number of alkyl halides is 1. The number of nitrogens with one attached hydrogen (secondary N) is 1. The third kappa shape index (κ3) is 6.87. The zero-order valence-corrected chi connectivity index (χ0v) is 28.0. The molecule has 3 aromatic carbocycles. The summed E-state index contributed by atoms with van der Waals surface area (Å²) in [5.41, 5.74) is 9.49. The number of nitrogens with zero attached hydrogens (tertiary/aromatic N) is 5. The summed E-state index contributed by atoms with van der Waals surface area (Å²) in [6, 6.07) is 25.3. The van der Waals surface area contributed by atoms with Gasteiger partial charge in [-0.1, -0.05) is 36.3 Å². The number of hydrogen-bond donors (Lipinski definition) is 2. The van der Waals surface area contributed by atoms with Crippen LogP contribution in [0.2, 0.25) is 0 Å². The summed E-state index contributed by atoms with van der Waals surface area (Å²) in [5, 5.41) is 8.47. The van der Waals surface area contributed by atoms with E-state index < -0.39 is 11.9 Å². The molecule has 0 radical (unpaired) electrons. The molecule has 3 N–H and O–H groups in total. The number of amides is 1. The highest BCUT2D eigenvalue weighted by atomic mass is 127. The maximum atomic E-state index is 14.3. The van der Waals surface area contributed by atoms with Crippen LogP contribution in [0, 0.1) is 11.8 Å². The van der Waals surface area contributed by atoms with E-state index in [9.17, 15) is 9.59 Å².